The first-order chi connectivity index (χ1) is 15.2. The minimum Gasteiger partial charge on any atom is -0.465 e. The van der Waals surface area contributed by atoms with E-state index in [0.29, 0.717) is 23.0 Å². The number of nitrogen functional groups attached to an aromatic ring is 1. The Morgan fingerprint density at radius 1 is 1.16 bits per heavy atom. The maximum atomic E-state index is 13.4. The molecule has 1 aromatic carbocycles. The van der Waals surface area contributed by atoms with E-state index in [4.69, 9.17) is 5.73 Å². The zero-order valence-electron chi connectivity index (χ0n) is 17.5. The van der Waals surface area contributed by atoms with Crippen LogP contribution in [0.5, 0.6) is 0 Å². The van der Waals surface area contributed by atoms with Crippen LogP contribution in [-0.2, 0) is 9.59 Å². The number of hydrogen-bond donors (Lipinski definition) is 3. The topological polar surface area (TPSA) is 129 Å². The number of nitrogens with two attached hydrogens (primary N) is 1. The van der Waals surface area contributed by atoms with Gasteiger partial charge in [-0.1, -0.05) is 12.1 Å². The molecule has 2 heterocycles. The Kier molecular flexibility index (Phi) is 5.68. The fraction of sp³-hybridized carbons (Fsp3) is 0.364. The first kappa shape index (κ1) is 21.5. The molecule has 4 rings (SSSR count). The third-order valence-electron chi connectivity index (χ3n) is 5.92. The molecule has 9 nitrogen and oxygen atoms in total. The Hall–Kier alpha value is -3.69. The van der Waals surface area contributed by atoms with Gasteiger partial charge < -0.3 is 26.0 Å². The Labute approximate surface area is 184 Å². The second-order valence-electron chi connectivity index (χ2n) is 8.24. The van der Waals surface area contributed by atoms with E-state index in [1.165, 1.54) is 40.3 Å². The van der Waals surface area contributed by atoms with Crippen molar-refractivity contribution in [3.05, 3.63) is 53.5 Å². The van der Waals surface area contributed by atoms with Crippen LogP contribution in [0.4, 0.5) is 20.7 Å². The fourth-order valence-corrected chi connectivity index (χ4v) is 4.03. The predicted molar refractivity (Wildman–Crippen MR) is 114 cm³/mol. The zero-order valence-corrected chi connectivity index (χ0v) is 17.5. The summed E-state index contributed by atoms with van der Waals surface area (Å²) in [6, 6.07) is 5.93. The Morgan fingerprint density at radius 2 is 1.84 bits per heavy atom. The number of pyridine rings is 1. The van der Waals surface area contributed by atoms with Crippen molar-refractivity contribution < 1.29 is 23.9 Å². The van der Waals surface area contributed by atoms with Gasteiger partial charge in [-0.05, 0) is 55.0 Å². The summed E-state index contributed by atoms with van der Waals surface area (Å²) < 4.78 is 13.4. The lowest BCUT2D eigenvalue weighted by Gasteiger charge is -2.44. The lowest BCUT2D eigenvalue weighted by molar-refractivity contribution is -0.147. The van der Waals surface area contributed by atoms with Crippen LogP contribution in [-0.4, -0.2) is 56.9 Å². The summed E-state index contributed by atoms with van der Waals surface area (Å²) in [6.07, 6.45) is 2.29. The summed E-state index contributed by atoms with van der Waals surface area (Å²) in [5.74, 6) is -1.39. The van der Waals surface area contributed by atoms with Gasteiger partial charge in [-0.15, -0.1) is 0 Å². The molecule has 1 aliphatic heterocycles. The van der Waals surface area contributed by atoms with E-state index >= 15 is 0 Å². The van der Waals surface area contributed by atoms with Crippen molar-refractivity contribution in [1.29, 1.82) is 0 Å². The minimum absolute atomic E-state index is 0.0217. The maximum Gasteiger partial charge on any atom is 0.407 e. The second-order valence-corrected chi connectivity index (χ2v) is 8.24. The smallest absolute Gasteiger partial charge is 0.407 e. The van der Waals surface area contributed by atoms with Gasteiger partial charge in [0.25, 0.3) is 0 Å². The summed E-state index contributed by atoms with van der Waals surface area (Å²) >= 11 is 0. The number of hydrogen-bond acceptors (Lipinski definition) is 5. The quantitative estimate of drug-likeness (QED) is 0.628. The minimum atomic E-state index is -1.12. The molecule has 1 saturated heterocycles. The highest BCUT2D eigenvalue weighted by Gasteiger charge is 2.39. The van der Waals surface area contributed by atoms with Crippen molar-refractivity contribution in [2.45, 2.75) is 37.8 Å². The van der Waals surface area contributed by atoms with Gasteiger partial charge in [-0.25, -0.2) is 14.2 Å². The van der Waals surface area contributed by atoms with E-state index < -0.39 is 35.8 Å². The van der Waals surface area contributed by atoms with Gasteiger partial charge in [-0.2, -0.15) is 0 Å². The molecule has 0 radical (unpaired) electrons. The first-order valence-electron chi connectivity index (χ1n) is 10.4. The van der Waals surface area contributed by atoms with Crippen LogP contribution in [0, 0.1) is 5.82 Å². The summed E-state index contributed by atoms with van der Waals surface area (Å²) in [7, 11) is 0. The van der Waals surface area contributed by atoms with Gasteiger partial charge in [0.15, 0.2) is 0 Å². The maximum absolute atomic E-state index is 13.4. The summed E-state index contributed by atoms with van der Waals surface area (Å²) in [5, 5.41) is 12.1. The van der Waals surface area contributed by atoms with E-state index in [1.807, 2.05) is 0 Å². The van der Waals surface area contributed by atoms with Gasteiger partial charge in [-0.3, -0.25) is 9.59 Å². The van der Waals surface area contributed by atoms with Gasteiger partial charge >= 0.3 is 17.9 Å². The summed E-state index contributed by atoms with van der Waals surface area (Å²) in [6.45, 7) is 1.66. The number of carbonyl (C=O) groups excluding carboxylic acids is 2. The van der Waals surface area contributed by atoms with Crippen molar-refractivity contribution >= 4 is 29.4 Å². The van der Waals surface area contributed by atoms with E-state index in [2.05, 4.69) is 10.3 Å². The van der Waals surface area contributed by atoms with Crippen LogP contribution < -0.4 is 11.1 Å². The lowest BCUT2D eigenvalue weighted by Crippen LogP contribution is -2.58. The number of benzene rings is 1. The normalized spacial score (nSPS) is 20.7. The third-order valence-corrected chi connectivity index (χ3v) is 5.92. The summed E-state index contributed by atoms with van der Waals surface area (Å²) in [5.41, 5.74) is 7.66. The number of nitrogens with one attached hydrogen (secondary N) is 1. The monoisotopic (exact) mass is 441 g/mol. The Balaban J connectivity index is 1.56. The molecule has 3 amide bonds. The lowest BCUT2D eigenvalue weighted by atomic mass is 9.99. The largest absolute Gasteiger partial charge is 0.465 e. The number of amides is 3. The number of halogens is 1. The highest BCUT2D eigenvalue weighted by atomic mass is 19.1. The second kappa shape index (κ2) is 8.45. The zero-order chi connectivity index (χ0) is 23.0. The Bertz CT molecular complexity index is 1060. The molecule has 2 atom stereocenters. The van der Waals surface area contributed by atoms with Gasteiger partial charge in [0.05, 0.1) is 17.9 Å². The average molecular weight is 441 g/mol. The van der Waals surface area contributed by atoms with Crippen molar-refractivity contribution in [1.82, 2.24) is 14.8 Å². The van der Waals surface area contributed by atoms with Crippen LogP contribution in [0.1, 0.15) is 42.9 Å². The van der Waals surface area contributed by atoms with Crippen LogP contribution in [0.2, 0.25) is 0 Å². The molecule has 0 spiro atoms. The molecular formula is C22H24FN5O4. The van der Waals surface area contributed by atoms with Crippen molar-refractivity contribution in [3.8, 4) is 0 Å². The highest BCUT2D eigenvalue weighted by molar-refractivity contribution is 6.39. The first-order valence-corrected chi connectivity index (χ1v) is 10.4. The van der Waals surface area contributed by atoms with E-state index in [9.17, 15) is 23.9 Å². The molecule has 32 heavy (non-hydrogen) atoms. The summed E-state index contributed by atoms with van der Waals surface area (Å²) in [4.78, 5) is 44.2. The van der Waals surface area contributed by atoms with Crippen molar-refractivity contribution in [3.63, 3.8) is 0 Å². The molecular weight excluding hydrogens is 417 g/mol. The molecule has 0 bridgehead atoms. The molecule has 1 aromatic heterocycles. The average Bonchev–Trinajstić information content (AvgIpc) is 3.60. The third kappa shape index (κ3) is 4.34. The van der Waals surface area contributed by atoms with Crippen molar-refractivity contribution in [2.75, 3.05) is 24.1 Å². The number of carboxylic acid groups (broad SMARTS) is 1. The van der Waals surface area contributed by atoms with Crippen LogP contribution in [0.25, 0.3) is 0 Å². The van der Waals surface area contributed by atoms with Crippen LogP contribution in [0.15, 0.2) is 36.5 Å². The number of aromatic nitrogens is 1. The molecule has 10 heteroatoms. The molecule has 2 aromatic rings. The van der Waals surface area contributed by atoms with E-state index in [-0.39, 0.29) is 13.1 Å². The molecule has 2 fully saturated rings. The molecule has 1 saturated carbocycles. The molecule has 1 aliphatic carbocycles. The van der Waals surface area contributed by atoms with Gasteiger partial charge in [0.2, 0.25) is 0 Å². The van der Waals surface area contributed by atoms with Gasteiger partial charge in [0, 0.05) is 19.1 Å². The van der Waals surface area contributed by atoms with Gasteiger partial charge in [0.1, 0.15) is 11.6 Å². The highest BCUT2D eigenvalue weighted by Crippen LogP contribution is 2.42. The number of piperazine rings is 1. The molecule has 4 N–H and O–H groups in total. The van der Waals surface area contributed by atoms with Crippen molar-refractivity contribution in [2.24, 2.45) is 0 Å². The van der Waals surface area contributed by atoms with E-state index in [0.717, 1.165) is 18.4 Å². The fourth-order valence-electron chi connectivity index (χ4n) is 4.03. The number of rotatable bonds is 3. The van der Waals surface area contributed by atoms with E-state index in [1.54, 1.807) is 13.0 Å². The predicted octanol–water partition coefficient (Wildman–Crippen LogP) is 2.57. The molecule has 0 unspecified atom stereocenters. The standard InChI is InChI=1S/C22H24FN5O4/c1-12-10-28(18(11-27(12)22(31)32)14-4-6-15(23)7-5-14)21(30)20(29)26-16-8-17(13-2-3-13)19(24)25-9-16/h4-9,12-13,18H,2-3,10-11H2,1H3,(H2,24,25)(H,26,29)(H,31,32)/t12-,18+/m0/s1. The van der Waals surface area contributed by atoms with Crippen LogP contribution >= 0.6 is 0 Å². The SMILES string of the molecule is C[C@H]1CN(C(=O)C(=O)Nc2cnc(N)c(C3CC3)c2)[C@@H](c2ccc(F)cc2)CN1C(=O)O. The number of carbonyl (C=O) groups is 3. The molecule has 2 aliphatic rings. The number of anilines is 2. The van der Waals surface area contributed by atoms with Crippen LogP contribution in [0.3, 0.4) is 0 Å². The Morgan fingerprint density at radius 3 is 2.47 bits per heavy atom. The molecule has 168 valence electrons. The number of nitrogens with zero attached hydrogens (tertiary/aromatic N) is 3.